The lowest BCUT2D eigenvalue weighted by molar-refractivity contribution is 0.131. The number of guanidine groups is 1. The fraction of sp³-hybridized carbons (Fsp3) is 0.727. The maximum Gasteiger partial charge on any atom is 0.191 e. The molecule has 0 aromatic carbocycles. The first-order chi connectivity index (χ1) is 7.27. The number of aliphatic imine (C=N–C) groups is 1. The van der Waals surface area contributed by atoms with Gasteiger partial charge in [-0.3, -0.25) is 0 Å². The van der Waals surface area contributed by atoms with E-state index in [1.54, 1.807) is 6.26 Å². The number of nitrogens with two attached hydrogens (primary N) is 1. The Morgan fingerprint density at radius 3 is 2.93 bits per heavy atom. The molecule has 2 rings (SSSR count). The Labute approximate surface area is 90.8 Å². The molecule has 1 aliphatic heterocycles. The topological polar surface area (TPSA) is 50.8 Å². The second-order valence-electron chi connectivity index (χ2n) is 4.25. The lowest BCUT2D eigenvalue weighted by Crippen LogP contribution is -2.36. The van der Waals surface area contributed by atoms with E-state index in [0.29, 0.717) is 18.5 Å². The lowest BCUT2D eigenvalue weighted by atomic mass is 10.2. The van der Waals surface area contributed by atoms with Gasteiger partial charge in [0.25, 0.3) is 0 Å². The summed E-state index contributed by atoms with van der Waals surface area (Å²) < 4.78 is 5.42. The molecule has 84 valence electrons. The standard InChI is InChI=1S/C11H19N3O/c1-14(9-5-6-9)11(12)13-8-10-4-2-3-7-15-10/h3,7,9-10H,2,4-6,8H2,1H3,(H2,12,13)/t10-/m1/s1. The van der Waals surface area contributed by atoms with E-state index in [1.807, 2.05) is 13.1 Å². The van der Waals surface area contributed by atoms with E-state index in [2.05, 4.69) is 9.89 Å². The van der Waals surface area contributed by atoms with Gasteiger partial charge in [-0.2, -0.15) is 0 Å². The third-order valence-corrected chi connectivity index (χ3v) is 2.94. The van der Waals surface area contributed by atoms with Crippen molar-refractivity contribution in [1.29, 1.82) is 0 Å². The zero-order valence-corrected chi connectivity index (χ0v) is 9.22. The SMILES string of the molecule is CN(C(N)=NC[C@H]1CCC=CO1)C1CC1. The van der Waals surface area contributed by atoms with Gasteiger partial charge >= 0.3 is 0 Å². The minimum atomic E-state index is 0.209. The van der Waals surface area contributed by atoms with Crippen molar-refractivity contribution in [2.45, 2.75) is 37.8 Å². The average molecular weight is 209 g/mol. The fourth-order valence-electron chi connectivity index (χ4n) is 1.67. The smallest absolute Gasteiger partial charge is 0.191 e. The quantitative estimate of drug-likeness (QED) is 0.559. The second-order valence-corrected chi connectivity index (χ2v) is 4.25. The first-order valence-corrected chi connectivity index (χ1v) is 5.60. The molecule has 1 heterocycles. The molecule has 1 aliphatic carbocycles. The van der Waals surface area contributed by atoms with Gasteiger partial charge in [-0.15, -0.1) is 0 Å². The molecule has 0 spiro atoms. The van der Waals surface area contributed by atoms with Gasteiger partial charge in [-0.25, -0.2) is 4.99 Å². The number of allylic oxidation sites excluding steroid dienone is 1. The van der Waals surface area contributed by atoms with Crippen molar-refractivity contribution in [3.8, 4) is 0 Å². The molecule has 4 nitrogen and oxygen atoms in total. The fourth-order valence-corrected chi connectivity index (χ4v) is 1.67. The van der Waals surface area contributed by atoms with Gasteiger partial charge < -0.3 is 15.4 Å². The van der Waals surface area contributed by atoms with Crippen LogP contribution in [0.15, 0.2) is 17.3 Å². The molecule has 15 heavy (non-hydrogen) atoms. The number of ether oxygens (including phenoxy) is 1. The molecule has 1 saturated carbocycles. The maximum atomic E-state index is 5.88. The molecule has 4 heteroatoms. The van der Waals surface area contributed by atoms with Gasteiger partial charge in [0.15, 0.2) is 5.96 Å². The minimum absolute atomic E-state index is 0.209. The van der Waals surface area contributed by atoms with Crippen LogP contribution < -0.4 is 5.73 Å². The van der Waals surface area contributed by atoms with E-state index in [-0.39, 0.29) is 6.10 Å². The molecule has 0 aromatic heterocycles. The highest BCUT2D eigenvalue weighted by molar-refractivity contribution is 5.78. The largest absolute Gasteiger partial charge is 0.496 e. The Kier molecular flexibility index (Phi) is 3.14. The molecule has 2 N–H and O–H groups in total. The molecule has 0 radical (unpaired) electrons. The van der Waals surface area contributed by atoms with Gasteiger partial charge in [0.1, 0.15) is 6.10 Å². The molecular formula is C11H19N3O. The highest BCUT2D eigenvalue weighted by Crippen LogP contribution is 2.24. The van der Waals surface area contributed by atoms with Crippen molar-refractivity contribution in [1.82, 2.24) is 4.90 Å². The number of nitrogens with zero attached hydrogens (tertiary/aromatic N) is 2. The van der Waals surface area contributed by atoms with E-state index in [1.165, 1.54) is 12.8 Å². The third-order valence-electron chi connectivity index (χ3n) is 2.94. The molecular weight excluding hydrogens is 190 g/mol. The number of hydrogen-bond donors (Lipinski definition) is 1. The summed E-state index contributed by atoms with van der Waals surface area (Å²) in [6, 6.07) is 0.626. The van der Waals surface area contributed by atoms with E-state index in [4.69, 9.17) is 10.5 Å². The first-order valence-electron chi connectivity index (χ1n) is 5.60. The van der Waals surface area contributed by atoms with Gasteiger partial charge in [0.2, 0.25) is 0 Å². The zero-order valence-electron chi connectivity index (χ0n) is 9.22. The number of hydrogen-bond acceptors (Lipinski definition) is 2. The summed E-state index contributed by atoms with van der Waals surface area (Å²) in [4.78, 5) is 6.44. The predicted octanol–water partition coefficient (Wildman–Crippen LogP) is 1.09. The van der Waals surface area contributed by atoms with Crippen LogP contribution in [0.5, 0.6) is 0 Å². The summed E-state index contributed by atoms with van der Waals surface area (Å²) in [6.07, 6.45) is 8.63. The Bertz CT molecular complexity index is 271. The molecule has 0 bridgehead atoms. The second kappa shape index (κ2) is 4.55. The van der Waals surface area contributed by atoms with Crippen molar-refractivity contribution in [3.63, 3.8) is 0 Å². The summed E-state index contributed by atoms with van der Waals surface area (Å²) in [6.45, 7) is 0.674. The van der Waals surface area contributed by atoms with Gasteiger partial charge in [-0.1, -0.05) is 0 Å². The Morgan fingerprint density at radius 2 is 2.33 bits per heavy atom. The summed E-state index contributed by atoms with van der Waals surface area (Å²) in [5.41, 5.74) is 5.88. The number of rotatable bonds is 3. The Balaban J connectivity index is 1.78. The molecule has 1 atom stereocenters. The first kappa shape index (κ1) is 10.3. The average Bonchev–Trinajstić information content (AvgIpc) is 3.10. The van der Waals surface area contributed by atoms with Crippen LogP contribution in [0, 0.1) is 0 Å². The van der Waals surface area contributed by atoms with Crippen molar-refractivity contribution in [2.24, 2.45) is 10.7 Å². The van der Waals surface area contributed by atoms with Crippen LogP contribution in [0.3, 0.4) is 0 Å². The summed E-state index contributed by atoms with van der Waals surface area (Å²) in [7, 11) is 2.01. The predicted molar refractivity (Wildman–Crippen MR) is 60.5 cm³/mol. The molecule has 0 aromatic rings. The van der Waals surface area contributed by atoms with E-state index < -0.39 is 0 Å². The molecule has 0 saturated heterocycles. The minimum Gasteiger partial charge on any atom is -0.496 e. The van der Waals surface area contributed by atoms with Gasteiger partial charge in [0, 0.05) is 13.1 Å². The lowest BCUT2D eigenvalue weighted by Gasteiger charge is -2.20. The summed E-state index contributed by atoms with van der Waals surface area (Å²) >= 11 is 0. The summed E-state index contributed by atoms with van der Waals surface area (Å²) in [5, 5.41) is 0. The van der Waals surface area contributed by atoms with Crippen LogP contribution in [-0.4, -0.2) is 36.6 Å². The van der Waals surface area contributed by atoms with Gasteiger partial charge in [0.05, 0.1) is 12.8 Å². The maximum absolute atomic E-state index is 5.88. The van der Waals surface area contributed by atoms with Crippen molar-refractivity contribution in [3.05, 3.63) is 12.3 Å². The molecule has 0 unspecified atom stereocenters. The van der Waals surface area contributed by atoms with Crippen LogP contribution in [0.4, 0.5) is 0 Å². The zero-order chi connectivity index (χ0) is 10.7. The van der Waals surface area contributed by atoms with Crippen molar-refractivity contribution in [2.75, 3.05) is 13.6 Å². The van der Waals surface area contributed by atoms with Crippen LogP contribution in [0.25, 0.3) is 0 Å². The van der Waals surface area contributed by atoms with Crippen molar-refractivity contribution < 1.29 is 4.74 Å². The molecule has 2 aliphatic rings. The van der Waals surface area contributed by atoms with Crippen LogP contribution in [0.2, 0.25) is 0 Å². The molecule has 1 fully saturated rings. The Morgan fingerprint density at radius 1 is 1.53 bits per heavy atom. The summed E-state index contributed by atoms with van der Waals surface area (Å²) in [5.74, 6) is 0.649. The van der Waals surface area contributed by atoms with E-state index in [0.717, 1.165) is 12.8 Å². The van der Waals surface area contributed by atoms with Crippen molar-refractivity contribution >= 4 is 5.96 Å². The van der Waals surface area contributed by atoms with Gasteiger partial charge in [-0.05, 0) is 31.8 Å². The normalized spacial score (nSPS) is 26.2. The van der Waals surface area contributed by atoms with Crippen LogP contribution in [-0.2, 0) is 4.74 Å². The van der Waals surface area contributed by atoms with E-state index >= 15 is 0 Å². The van der Waals surface area contributed by atoms with Crippen LogP contribution >= 0.6 is 0 Å². The Hall–Kier alpha value is -1.19. The molecule has 0 amide bonds. The highest BCUT2D eigenvalue weighted by Gasteiger charge is 2.27. The third kappa shape index (κ3) is 2.88. The van der Waals surface area contributed by atoms with Crippen LogP contribution in [0.1, 0.15) is 25.7 Å². The van der Waals surface area contributed by atoms with E-state index in [9.17, 15) is 0 Å². The highest BCUT2D eigenvalue weighted by atomic mass is 16.5. The monoisotopic (exact) mass is 209 g/mol.